The summed E-state index contributed by atoms with van der Waals surface area (Å²) >= 11 is 0. The Bertz CT molecular complexity index is 304. The van der Waals surface area contributed by atoms with E-state index in [1.165, 1.54) is 70.9 Å². The largest absolute Gasteiger partial charge is 0.465 e. The van der Waals surface area contributed by atoms with Gasteiger partial charge in [0.05, 0.1) is 6.61 Å². The SMILES string of the molecule is CCCCCCCC(=O)OCC1CCCN2CCCCC12. The summed E-state index contributed by atoms with van der Waals surface area (Å²) in [5, 5.41) is 0. The van der Waals surface area contributed by atoms with Crippen molar-refractivity contribution in [1.29, 1.82) is 0 Å². The first-order valence-corrected chi connectivity index (χ1v) is 9.21. The molecule has 0 aromatic heterocycles. The summed E-state index contributed by atoms with van der Waals surface area (Å²) in [7, 11) is 0. The number of esters is 1. The number of rotatable bonds is 8. The Morgan fingerprint density at radius 3 is 2.71 bits per heavy atom. The molecule has 2 rings (SSSR count). The maximum atomic E-state index is 11.8. The van der Waals surface area contributed by atoms with Crippen LogP contribution in [0.1, 0.15) is 77.6 Å². The lowest BCUT2D eigenvalue weighted by Crippen LogP contribution is -2.49. The van der Waals surface area contributed by atoms with Gasteiger partial charge < -0.3 is 4.74 Å². The molecule has 2 aliphatic rings. The number of fused-ring (bicyclic) bond motifs is 1. The van der Waals surface area contributed by atoms with Crippen molar-refractivity contribution < 1.29 is 9.53 Å². The molecule has 0 aromatic rings. The zero-order valence-electron chi connectivity index (χ0n) is 13.8. The second kappa shape index (κ2) is 9.45. The van der Waals surface area contributed by atoms with Gasteiger partial charge in [-0.05, 0) is 45.2 Å². The van der Waals surface area contributed by atoms with Gasteiger partial charge in [0, 0.05) is 18.4 Å². The Balaban J connectivity index is 1.61. The smallest absolute Gasteiger partial charge is 0.305 e. The third-order valence-electron chi connectivity index (χ3n) is 5.17. The predicted octanol–water partition coefficient (Wildman–Crippen LogP) is 4.15. The van der Waals surface area contributed by atoms with Crippen molar-refractivity contribution in [2.45, 2.75) is 83.6 Å². The van der Waals surface area contributed by atoms with Crippen LogP contribution in [0.15, 0.2) is 0 Å². The van der Waals surface area contributed by atoms with E-state index in [0.717, 1.165) is 6.42 Å². The Hall–Kier alpha value is -0.570. The molecule has 3 heteroatoms. The Morgan fingerprint density at radius 1 is 1.05 bits per heavy atom. The van der Waals surface area contributed by atoms with Crippen LogP contribution in [0.2, 0.25) is 0 Å². The van der Waals surface area contributed by atoms with Crippen molar-refractivity contribution >= 4 is 5.97 Å². The van der Waals surface area contributed by atoms with Gasteiger partial charge in [-0.25, -0.2) is 0 Å². The second-order valence-corrected chi connectivity index (χ2v) is 6.85. The highest BCUT2D eigenvalue weighted by Crippen LogP contribution is 2.31. The van der Waals surface area contributed by atoms with E-state index in [-0.39, 0.29) is 5.97 Å². The van der Waals surface area contributed by atoms with Crippen LogP contribution in [-0.4, -0.2) is 36.6 Å². The molecule has 2 unspecified atom stereocenters. The van der Waals surface area contributed by atoms with Gasteiger partial charge >= 0.3 is 5.97 Å². The van der Waals surface area contributed by atoms with Gasteiger partial charge in [-0.15, -0.1) is 0 Å². The normalized spacial score (nSPS) is 26.3. The molecule has 3 nitrogen and oxygen atoms in total. The van der Waals surface area contributed by atoms with Crippen LogP contribution in [0.4, 0.5) is 0 Å². The summed E-state index contributed by atoms with van der Waals surface area (Å²) in [5.74, 6) is 0.613. The number of carbonyl (C=O) groups is 1. The lowest BCUT2D eigenvalue weighted by Gasteiger charge is -2.44. The molecule has 2 atom stereocenters. The summed E-state index contributed by atoms with van der Waals surface area (Å²) in [6, 6.07) is 0.685. The van der Waals surface area contributed by atoms with E-state index in [2.05, 4.69) is 11.8 Å². The zero-order valence-corrected chi connectivity index (χ0v) is 13.8. The minimum atomic E-state index is 0.0273. The van der Waals surface area contributed by atoms with Crippen LogP contribution in [-0.2, 0) is 9.53 Å². The Labute approximate surface area is 130 Å². The van der Waals surface area contributed by atoms with Gasteiger partial charge in [-0.2, -0.15) is 0 Å². The van der Waals surface area contributed by atoms with Crippen molar-refractivity contribution in [3.63, 3.8) is 0 Å². The molecule has 21 heavy (non-hydrogen) atoms. The lowest BCUT2D eigenvalue weighted by atomic mass is 9.84. The van der Waals surface area contributed by atoms with Crippen molar-refractivity contribution in [3.05, 3.63) is 0 Å². The fraction of sp³-hybridized carbons (Fsp3) is 0.944. The second-order valence-electron chi connectivity index (χ2n) is 6.85. The molecule has 2 heterocycles. The number of piperidine rings is 2. The molecule has 2 aliphatic heterocycles. The number of ether oxygens (including phenoxy) is 1. The third-order valence-corrected chi connectivity index (χ3v) is 5.17. The van der Waals surface area contributed by atoms with Gasteiger partial charge in [0.25, 0.3) is 0 Å². The number of hydrogen-bond donors (Lipinski definition) is 0. The van der Waals surface area contributed by atoms with Crippen LogP contribution < -0.4 is 0 Å². The molecule has 0 saturated carbocycles. The summed E-state index contributed by atoms with van der Waals surface area (Å²) in [4.78, 5) is 14.5. The zero-order chi connectivity index (χ0) is 14.9. The first-order valence-electron chi connectivity index (χ1n) is 9.21. The maximum absolute atomic E-state index is 11.8. The van der Waals surface area contributed by atoms with Crippen LogP contribution >= 0.6 is 0 Å². The van der Waals surface area contributed by atoms with Crippen LogP contribution in [0.25, 0.3) is 0 Å². The number of hydrogen-bond acceptors (Lipinski definition) is 3. The van der Waals surface area contributed by atoms with Crippen molar-refractivity contribution in [3.8, 4) is 0 Å². The number of unbranched alkanes of at least 4 members (excludes halogenated alkanes) is 4. The van der Waals surface area contributed by atoms with Crippen molar-refractivity contribution in [2.75, 3.05) is 19.7 Å². The quantitative estimate of drug-likeness (QED) is 0.497. The molecule has 0 N–H and O–H groups in total. The average Bonchev–Trinajstić information content (AvgIpc) is 2.52. The molecule has 0 aliphatic carbocycles. The first kappa shape index (κ1) is 16.8. The minimum Gasteiger partial charge on any atom is -0.465 e. The van der Waals surface area contributed by atoms with Crippen LogP contribution in [0.5, 0.6) is 0 Å². The standard InChI is InChI=1S/C18H33NO2/c1-2-3-4-5-6-12-18(20)21-15-16-10-9-14-19-13-8-7-11-17(16)19/h16-17H,2-15H2,1H3. The summed E-state index contributed by atoms with van der Waals surface area (Å²) < 4.78 is 5.57. The molecule has 0 amide bonds. The van der Waals surface area contributed by atoms with Crippen molar-refractivity contribution in [1.82, 2.24) is 4.90 Å². The highest BCUT2D eigenvalue weighted by molar-refractivity contribution is 5.69. The van der Waals surface area contributed by atoms with Gasteiger partial charge in [-0.3, -0.25) is 9.69 Å². The van der Waals surface area contributed by atoms with Gasteiger partial charge in [0.15, 0.2) is 0 Å². The van der Waals surface area contributed by atoms with E-state index in [0.29, 0.717) is 25.0 Å². The van der Waals surface area contributed by atoms with Crippen LogP contribution in [0, 0.1) is 5.92 Å². The summed E-state index contributed by atoms with van der Waals surface area (Å²) in [5.41, 5.74) is 0. The third kappa shape index (κ3) is 5.61. The van der Waals surface area contributed by atoms with Gasteiger partial charge in [-0.1, -0.05) is 39.0 Å². The fourth-order valence-corrected chi connectivity index (χ4v) is 3.92. The molecule has 2 fully saturated rings. The van der Waals surface area contributed by atoms with Crippen LogP contribution in [0.3, 0.4) is 0 Å². The van der Waals surface area contributed by atoms with E-state index < -0.39 is 0 Å². The molecule has 0 bridgehead atoms. The van der Waals surface area contributed by atoms with E-state index in [9.17, 15) is 4.79 Å². The summed E-state index contributed by atoms with van der Waals surface area (Å²) in [6.45, 7) is 5.39. The maximum Gasteiger partial charge on any atom is 0.305 e. The lowest BCUT2D eigenvalue weighted by molar-refractivity contribution is -0.146. The molecular weight excluding hydrogens is 262 g/mol. The number of nitrogens with zero attached hydrogens (tertiary/aromatic N) is 1. The molecule has 0 spiro atoms. The number of carbonyl (C=O) groups excluding carboxylic acids is 1. The minimum absolute atomic E-state index is 0.0273. The average molecular weight is 295 g/mol. The fourth-order valence-electron chi connectivity index (χ4n) is 3.92. The van der Waals surface area contributed by atoms with E-state index in [1.807, 2.05) is 0 Å². The predicted molar refractivity (Wildman–Crippen MR) is 86.3 cm³/mol. The topological polar surface area (TPSA) is 29.5 Å². The highest BCUT2D eigenvalue weighted by Gasteiger charge is 2.33. The summed E-state index contributed by atoms with van der Waals surface area (Å²) in [6.07, 6.45) is 13.1. The van der Waals surface area contributed by atoms with E-state index in [1.54, 1.807) is 0 Å². The molecule has 2 saturated heterocycles. The monoisotopic (exact) mass is 295 g/mol. The first-order chi connectivity index (χ1) is 10.3. The molecular formula is C18H33NO2. The highest BCUT2D eigenvalue weighted by atomic mass is 16.5. The molecule has 0 radical (unpaired) electrons. The van der Waals surface area contributed by atoms with E-state index >= 15 is 0 Å². The Kier molecular flexibility index (Phi) is 7.56. The Morgan fingerprint density at radius 2 is 1.86 bits per heavy atom. The van der Waals surface area contributed by atoms with E-state index in [4.69, 9.17) is 4.74 Å². The molecule has 0 aromatic carbocycles. The van der Waals surface area contributed by atoms with Crippen molar-refractivity contribution in [2.24, 2.45) is 5.92 Å². The van der Waals surface area contributed by atoms with Gasteiger partial charge in [0.2, 0.25) is 0 Å². The molecule has 122 valence electrons. The van der Waals surface area contributed by atoms with Gasteiger partial charge in [0.1, 0.15) is 0 Å².